The molecule has 1 aliphatic rings. The van der Waals surface area contributed by atoms with Gasteiger partial charge in [0.1, 0.15) is 5.82 Å². The topological polar surface area (TPSA) is 45.8 Å². The molecule has 1 saturated carbocycles. The van der Waals surface area contributed by atoms with Crippen molar-refractivity contribution < 1.29 is 4.79 Å². The van der Waals surface area contributed by atoms with E-state index in [2.05, 4.69) is 9.97 Å². The van der Waals surface area contributed by atoms with Gasteiger partial charge in [0.2, 0.25) is 0 Å². The SMILES string of the molecule is Cl.Cl.O=Cc1cccc2[nH]c(C3CCCCC3)nc12. The highest BCUT2D eigenvalue weighted by Crippen LogP contribution is 2.32. The maximum atomic E-state index is 11.0. The Balaban J connectivity index is 0.000000902. The fourth-order valence-corrected chi connectivity index (χ4v) is 2.74. The second kappa shape index (κ2) is 6.92. The maximum absolute atomic E-state index is 11.0. The number of rotatable bonds is 2. The number of carbonyl (C=O) groups excluding carboxylic acids is 1. The Morgan fingerprint density at radius 1 is 1.16 bits per heavy atom. The summed E-state index contributed by atoms with van der Waals surface area (Å²) in [7, 11) is 0. The van der Waals surface area contributed by atoms with E-state index < -0.39 is 0 Å². The summed E-state index contributed by atoms with van der Waals surface area (Å²) in [6.45, 7) is 0. The van der Waals surface area contributed by atoms with Gasteiger partial charge in [-0.05, 0) is 25.0 Å². The third-order valence-corrected chi connectivity index (χ3v) is 3.68. The highest BCUT2D eigenvalue weighted by Gasteiger charge is 2.19. The first-order valence-electron chi connectivity index (χ1n) is 6.32. The number of halogens is 2. The molecule has 1 aliphatic carbocycles. The van der Waals surface area contributed by atoms with E-state index in [1.165, 1.54) is 32.1 Å². The highest BCUT2D eigenvalue weighted by molar-refractivity contribution is 5.94. The van der Waals surface area contributed by atoms with Crippen LogP contribution in [0.15, 0.2) is 18.2 Å². The lowest BCUT2D eigenvalue weighted by Crippen LogP contribution is -2.05. The second-order valence-corrected chi connectivity index (χ2v) is 4.82. The van der Waals surface area contributed by atoms with Crippen LogP contribution in [0.2, 0.25) is 0 Å². The number of benzene rings is 1. The van der Waals surface area contributed by atoms with Gasteiger partial charge in [0.05, 0.1) is 11.0 Å². The minimum absolute atomic E-state index is 0. The van der Waals surface area contributed by atoms with Gasteiger partial charge in [0, 0.05) is 11.5 Å². The summed E-state index contributed by atoms with van der Waals surface area (Å²) >= 11 is 0. The molecule has 0 spiro atoms. The van der Waals surface area contributed by atoms with Crippen LogP contribution in [-0.4, -0.2) is 16.3 Å². The third kappa shape index (κ3) is 3.10. The molecule has 2 aromatic rings. The molecule has 1 N–H and O–H groups in total. The molecule has 0 saturated heterocycles. The zero-order valence-corrected chi connectivity index (χ0v) is 12.2. The summed E-state index contributed by atoms with van der Waals surface area (Å²) in [5, 5.41) is 0. The first kappa shape index (κ1) is 16.0. The number of nitrogens with one attached hydrogen (secondary N) is 1. The van der Waals surface area contributed by atoms with E-state index in [1.54, 1.807) is 0 Å². The zero-order valence-electron chi connectivity index (χ0n) is 10.6. The van der Waals surface area contributed by atoms with Crippen LogP contribution in [0.25, 0.3) is 11.0 Å². The van der Waals surface area contributed by atoms with Crippen LogP contribution >= 0.6 is 24.8 Å². The lowest BCUT2D eigenvalue weighted by molar-refractivity contribution is 0.112. The van der Waals surface area contributed by atoms with Crippen molar-refractivity contribution in [1.82, 2.24) is 9.97 Å². The van der Waals surface area contributed by atoms with Gasteiger partial charge in [-0.15, -0.1) is 24.8 Å². The van der Waals surface area contributed by atoms with Gasteiger partial charge < -0.3 is 4.98 Å². The zero-order chi connectivity index (χ0) is 11.7. The van der Waals surface area contributed by atoms with Crippen LogP contribution in [0, 0.1) is 0 Å². The number of para-hydroxylation sites is 1. The Hall–Kier alpha value is -1.06. The standard InChI is InChI=1S/C14H16N2O.2ClH/c17-9-11-7-4-8-12-13(11)16-14(15-12)10-5-2-1-3-6-10;;/h4,7-10H,1-3,5-6H2,(H,15,16);2*1H. The van der Waals surface area contributed by atoms with Crippen LogP contribution in [0.3, 0.4) is 0 Å². The molecule has 1 heterocycles. The average Bonchev–Trinajstić information content (AvgIpc) is 2.83. The third-order valence-electron chi connectivity index (χ3n) is 3.68. The lowest BCUT2D eigenvalue weighted by Gasteiger charge is -2.18. The molecule has 1 fully saturated rings. The molecule has 0 radical (unpaired) electrons. The number of aromatic amines is 1. The summed E-state index contributed by atoms with van der Waals surface area (Å²) < 4.78 is 0. The van der Waals surface area contributed by atoms with E-state index in [4.69, 9.17) is 0 Å². The summed E-state index contributed by atoms with van der Waals surface area (Å²) in [5.74, 6) is 1.62. The molecule has 1 aromatic heterocycles. The van der Waals surface area contributed by atoms with Gasteiger partial charge in [0.25, 0.3) is 0 Å². The van der Waals surface area contributed by atoms with E-state index >= 15 is 0 Å². The number of aldehydes is 1. The molecule has 0 atom stereocenters. The first-order valence-corrected chi connectivity index (χ1v) is 6.32. The molecule has 1 aromatic carbocycles. The molecule has 5 heteroatoms. The monoisotopic (exact) mass is 300 g/mol. The minimum Gasteiger partial charge on any atom is -0.342 e. The van der Waals surface area contributed by atoms with Gasteiger partial charge in [-0.3, -0.25) is 4.79 Å². The van der Waals surface area contributed by atoms with E-state index in [0.29, 0.717) is 11.5 Å². The highest BCUT2D eigenvalue weighted by atomic mass is 35.5. The van der Waals surface area contributed by atoms with Crippen molar-refractivity contribution >= 4 is 42.1 Å². The number of hydrogen-bond donors (Lipinski definition) is 1. The molecular weight excluding hydrogens is 283 g/mol. The Morgan fingerprint density at radius 2 is 1.89 bits per heavy atom. The predicted octanol–water partition coefficient (Wildman–Crippen LogP) is 4.27. The van der Waals surface area contributed by atoms with Gasteiger partial charge in [-0.25, -0.2) is 4.98 Å². The number of hydrogen-bond acceptors (Lipinski definition) is 2. The van der Waals surface area contributed by atoms with Crippen LogP contribution in [0.4, 0.5) is 0 Å². The number of nitrogens with zero attached hydrogens (tertiary/aromatic N) is 1. The van der Waals surface area contributed by atoms with E-state index in [9.17, 15) is 4.79 Å². The van der Waals surface area contributed by atoms with Crippen molar-refractivity contribution in [3.05, 3.63) is 29.6 Å². The quantitative estimate of drug-likeness (QED) is 0.842. The van der Waals surface area contributed by atoms with Crippen molar-refractivity contribution in [2.45, 2.75) is 38.0 Å². The first-order chi connectivity index (χ1) is 8.38. The molecule has 0 bridgehead atoms. The van der Waals surface area contributed by atoms with Gasteiger partial charge in [-0.2, -0.15) is 0 Å². The average molecular weight is 301 g/mol. The van der Waals surface area contributed by atoms with Crippen LogP contribution < -0.4 is 0 Å². The minimum atomic E-state index is 0. The van der Waals surface area contributed by atoms with E-state index in [1.807, 2.05) is 18.2 Å². The molecule has 104 valence electrons. The van der Waals surface area contributed by atoms with Crippen molar-refractivity contribution in [2.75, 3.05) is 0 Å². The smallest absolute Gasteiger partial charge is 0.152 e. The van der Waals surface area contributed by atoms with E-state index in [0.717, 1.165) is 23.1 Å². The largest absolute Gasteiger partial charge is 0.342 e. The van der Waals surface area contributed by atoms with Gasteiger partial charge >= 0.3 is 0 Å². The Bertz CT molecular complexity index is 547. The fourth-order valence-electron chi connectivity index (χ4n) is 2.74. The Morgan fingerprint density at radius 3 is 2.58 bits per heavy atom. The molecule has 0 unspecified atom stereocenters. The van der Waals surface area contributed by atoms with Crippen molar-refractivity contribution in [1.29, 1.82) is 0 Å². The van der Waals surface area contributed by atoms with Crippen molar-refractivity contribution in [2.24, 2.45) is 0 Å². The fraction of sp³-hybridized carbons (Fsp3) is 0.429. The predicted molar refractivity (Wildman–Crippen MR) is 81.8 cm³/mol. The molecule has 0 aliphatic heterocycles. The summed E-state index contributed by atoms with van der Waals surface area (Å²) in [6, 6.07) is 5.71. The van der Waals surface area contributed by atoms with E-state index in [-0.39, 0.29) is 24.8 Å². The molecule has 0 amide bonds. The Kier molecular flexibility index (Phi) is 5.83. The molecule has 3 nitrogen and oxygen atoms in total. The summed E-state index contributed by atoms with van der Waals surface area (Å²) in [4.78, 5) is 18.9. The summed E-state index contributed by atoms with van der Waals surface area (Å²) in [5.41, 5.74) is 2.49. The molecular formula is C14H18Cl2N2O. The molecule has 3 rings (SSSR count). The number of H-pyrrole nitrogens is 1. The lowest BCUT2D eigenvalue weighted by atomic mass is 9.89. The maximum Gasteiger partial charge on any atom is 0.152 e. The second-order valence-electron chi connectivity index (χ2n) is 4.82. The number of fused-ring (bicyclic) bond motifs is 1. The van der Waals surface area contributed by atoms with Crippen LogP contribution in [0.5, 0.6) is 0 Å². The van der Waals surface area contributed by atoms with Gasteiger partial charge in [-0.1, -0.05) is 25.3 Å². The molecule has 19 heavy (non-hydrogen) atoms. The number of aromatic nitrogens is 2. The Labute approximate surface area is 125 Å². The summed E-state index contributed by atoms with van der Waals surface area (Å²) in [6.07, 6.45) is 7.25. The van der Waals surface area contributed by atoms with Crippen molar-refractivity contribution in [3.63, 3.8) is 0 Å². The normalized spacial score (nSPS) is 15.6. The number of carbonyl (C=O) groups is 1. The van der Waals surface area contributed by atoms with Crippen LogP contribution in [0.1, 0.15) is 54.2 Å². The van der Waals surface area contributed by atoms with Crippen molar-refractivity contribution in [3.8, 4) is 0 Å². The van der Waals surface area contributed by atoms with Gasteiger partial charge in [0.15, 0.2) is 6.29 Å². The van der Waals surface area contributed by atoms with Crippen LogP contribution in [-0.2, 0) is 0 Å². The number of imidazole rings is 1.